The zero-order valence-corrected chi connectivity index (χ0v) is 43.0. The standard InChI is InChI=1S/C32H12BF24.C24H17NO3S/c34-25(35,36)13-1-14(26(37,38)39)6-21(5-13)33(22-7-15(27(40,41)42)2-16(8-22)28(43,44)45,23-9-17(29(46,47)48)3-18(10-23)30(49,50)51)24-11-19(31(52,53)54)4-20(12-24)32(55,56)57;26-21(18-9-2-1-3-10-18)16-25-19-11-5-4-8-17(19)14-15-20(25)24(27)28-22-12-6-7-13-23(22)29/h1-12H;1-15H,16H2/q-1;/p+1. The van der Waals surface area contributed by atoms with Gasteiger partial charge in [-0.15, -0.1) is 12.6 Å². The van der Waals surface area contributed by atoms with E-state index in [-0.39, 0.29) is 12.3 Å². The molecule has 0 fully saturated rings. The Kier molecular flexibility index (Phi) is 17.7. The number of alkyl halides is 24. The van der Waals surface area contributed by atoms with Crippen LogP contribution >= 0.6 is 12.6 Å². The highest BCUT2D eigenvalue weighted by molar-refractivity contribution is 7.80. The Morgan fingerprint density at radius 3 is 1.00 bits per heavy atom. The van der Waals surface area contributed by atoms with E-state index in [1.807, 2.05) is 54.6 Å². The van der Waals surface area contributed by atoms with Crippen molar-refractivity contribution in [1.82, 2.24) is 0 Å². The van der Waals surface area contributed by atoms with Gasteiger partial charge < -0.3 is 4.74 Å². The summed E-state index contributed by atoms with van der Waals surface area (Å²) in [6, 6.07) is 18.4. The number of para-hydroxylation sites is 2. The lowest BCUT2D eigenvalue weighted by atomic mass is 9.12. The Morgan fingerprint density at radius 2 is 0.674 bits per heavy atom. The average molecular weight is 1260 g/mol. The fourth-order valence-corrected chi connectivity index (χ4v) is 9.44. The van der Waals surface area contributed by atoms with E-state index >= 15 is 0 Å². The molecule has 0 saturated carbocycles. The zero-order chi connectivity index (χ0) is 64.1. The minimum atomic E-state index is -6.13. The maximum atomic E-state index is 14.2. The first-order valence-electron chi connectivity index (χ1n) is 23.8. The molecule has 7 aromatic carbocycles. The van der Waals surface area contributed by atoms with Crippen molar-refractivity contribution in [2.45, 2.75) is 60.9 Å². The Morgan fingerprint density at radius 1 is 0.372 bits per heavy atom. The molecular formula is C56H30BF24NO3S. The van der Waals surface area contributed by atoms with Crippen LogP contribution in [0, 0.1) is 0 Å². The van der Waals surface area contributed by atoms with Gasteiger partial charge in [-0.25, -0.2) is 4.79 Å². The van der Waals surface area contributed by atoms with E-state index in [9.17, 15) is 115 Å². The fraction of sp³-hybridized carbons (Fsp3) is 0.161. The van der Waals surface area contributed by atoms with Crippen molar-refractivity contribution >= 4 is 63.3 Å². The molecule has 0 amide bonds. The summed E-state index contributed by atoms with van der Waals surface area (Å²) in [4.78, 5) is 26.4. The Balaban J connectivity index is 0.000000302. The van der Waals surface area contributed by atoms with Gasteiger partial charge >= 0.3 is 55.4 Å². The number of carbonyl (C=O) groups excluding carboxylic acids is 2. The maximum Gasteiger partial charge on any atom is 0.416 e. The molecule has 454 valence electrons. The van der Waals surface area contributed by atoms with Crippen LogP contribution in [0.1, 0.15) is 65.4 Å². The topological polar surface area (TPSA) is 47.2 Å². The molecule has 30 heteroatoms. The third-order valence-electron chi connectivity index (χ3n) is 13.1. The number of carbonyl (C=O) groups is 2. The number of thiol groups is 1. The van der Waals surface area contributed by atoms with Gasteiger partial charge in [-0.05, 0) is 48.5 Å². The summed E-state index contributed by atoms with van der Waals surface area (Å²) in [7, 11) is 0. The lowest BCUT2D eigenvalue weighted by molar-refractivity contribution is -0.659. The summed E-state index contributed by atoms with van der Waals surface area (Å²) in [5.41, 5.74) is -28.5. The zero-order valence-electron chi connectivity index (χ0n) is 42.1. The highest BCUT2D eigenvalue weighted by Gasteiger charge is 2.47. The average Bonchev–Trinajstić information content (AvgIpc) is 0.748. The summed E-state index contributed by atoms with van der Waals surface area (Å²) in [6.07, 6.45) is -54.8. The first-order chi connectivity index (χ1) is 39.4. The molecule has 0 aliphatic rings. The number of nitrogens with zero attached hydrogens (tertiary/aromatic N) is 1. The van der Waals surface area contributed by atoms with Crippen LogP contribution in [0.25, 0.3) is 10.9 Å². The lowest BCUT2D eigenvalue weighted by Crippen LogP contribution is -2.75. The van der Waals surface area contributed by atoms with Crippen molar-refractivity contribution in [1.29, 1.82) is 0 Å². The highest BCUT2D eigenvalue weighted by atomic mass is 32.1. The van der Waals surface area contributed by atoms with Gasteiger partial charge in [0.1, 0.15) is 11.9 Å². The lowest BCUT2D eigenvalue weighted by Gasteiger charge is -2.46. The Hall–Kier alpha value is -8.18. The number of fused-ring (bicyclic) bond motifs is 1. The summed E-state index contributed by atoms with van der Waals surface area (Å²) in [6.45, 7) is 0.0261. The molecule has 0 N–H and O–H groups in total. The van der Waals surface area contributed by atoms with Gasteiger partial charge in [0.05, 0.1) is 44.5 Å². The van der Waals surface area contributed by atoms with Crippen LogP contribution in [0.2, 0.25) is 0 Å². The fourth-order valence-electron chi connectivity index (χ4n) is 9.24. The first kappa shape index (κ1) is 65.4. The quantitative estimate of drug-likeness (QED) is 0.0298. The molecule has 0 aliphatic heterocycles. The smallest absolute Gasteiger partial charge is 0.416 e. The number of pyridine rings is 1. The van der Waals surface area contributed by atoms with Gasteiger partial charge in [0, 0.05) is 28.0 Å². The number of aromatic nitrogens is 1. The van der Waals surface area contributed by atoms with Crippen molar-refractivity contribution in [2.24, 2.45) is 0 Å². The van der Waals surface area contributed by atoms with Crippen LogP contribution in [0.15, 0.2) is 169 Å². The van der Waals surface area contributed by atoms with Crippen LogP contribution in [0.3, 0.4) is 0 Å². The van der Waals surface area contributed by atoms with Gasteiger partial charge in [-0.1, -0.05) is 103 Å². The van der Waals surface area contributed by atoms with E-state index < -0.39 is 201 Å². The molecular weight excluding hydrogens is 1230 g/mol. The molecule has 8 rings (SSSR count). The predicted molar refractivity (Wildman–Crippen MR) is 264 cm³/mol. The number of ether oxygens (including phenoxy) is 1. The van der Waals surface area contributed by atoms with E-state index in [1.54, 1.807) is 41.0 Å². The van der Waals surface area contributed by atoms with E-state index in [0.717, 1.165) is 10.9 Å². The van der Waals surface area contributed by atoms with Crippen molar-refractivity contribution in [3.63, 3.8) is 0 Å². The summed E-state index contributed by atoms with van der Waals surface area (Å²) >= 11 is 4.33. The summed E-state index contributed by atoms with van der Waals surface area (Å²) < 4.78 is 348. The molecule has 0 spiro atoms. The van der Waals surface area contributed by atoms with Crippen molar-refractivity contribution in [3.8, 4) is 5.75 Å². The summed E-state index contributed by atoms with van der Waals surface area (Å²) in [5.74, 6) is -0.261. The van der Waals surface area contributed by atoms with E-state index in [4.69, 9.17) is 4.74 Å². The van der Waals surface area contributed by atoms with Crippen molar-refractivity contribution in [2.75, 3.05) is 0 Å². The van der Waals surface area contributed by atoms with Crippen molar-refractivity contribution < 1.29 is 124 Å². The molecule has 0 bridgehead atoms. The third kappa shape index (κ3) is 14.5. The molecule has 0 radical (unpaired) electrons. The number of Topliss-reactive ketones (excluding diaryl/α,β-unsaturated/α-hetero) is 1. The van der Waals surface area contributed by atoms with Crippen LogP contribution in [-0.4, -0.2) is 17.9 Å². The molecule has 0 atom stereocenters. The van der Waals surface area contributed by atoms with E-state index in [2.05, 4.69) is 12.6 Å². The SMILES string of the molecule is FC(F)(F)c1cc([B-](c2cc(C(F)(F)F)cc(C(F)(F)F)c2)(c2cc(C(F)(F)F)cc(C(F)(F)F)c2)c2cc(C(F)(F)F)cc(C(F)(F)F)c2)cc(C(F)(F)F)c1.O=C(C[n+]1c(C(=O)Oc2ccccc2S)ccc2ccccc21)c1ccccc1. The predicted octanol–water partition coefficient (Wildman–Crippen LogP) is 15.7. The second kappa shape index (κ2) is 23.3. The number of rotatable bonds is 9. The van der Waals surface area contributed by atoms with Crippen LogP contribution in [0.5, 0.6) is 5.75 Å². The number of hydrogen-bond acceptors (Lipinski definition) is 4. The van der Waals surface area contributed by atoms with Crippen LogP contribution in [0.4, 0.5) is 105 Å². The van der Waals surface area contributed by atoms with Gasteiger partial charge in [0.2, 0.25) is 17.8 Å². The van der Waals surface area contributed by atoms with Crippen molar-refractivity contribution in [3.05, 3.63) is 220 Å². The monoisotopic (exact) mass is 1260 g/mol. The van der Waals surface area contributed by atoms with Crippen LogP contribution in [-0.2, 0) is 56.0 Å². The summed E-state index contributed by atoms with van der Waals surface area (Å²) in [5, 5.41) is 0.930. The van der Waals surface area contributed by atoms with Crippen LogP contribution < -0.4 is 31.2 Å². The molecule has 1 aromatic heterocycles. The van der Waals surface area contributed by atoms with E-state index in [1.165, 1.54) is 0 Å². The molecule has 0 aliphatic carbocycles. The Labute approximate surface area is 472 Å². The third-order valence-corrected chi connectivity index (χ3v) is 13.4. The maximum absolute atomic E-state index is 14.2. The van der Waals surface area contributed by atoms with Gasteiger partial charge in [-0.2, -0.15) is 132 Å². The number of benzene rings is 7. The number of ketones is 1. The molecule has 0 saturated heterocycles. The second-order valence-electron chi connectivity index (χ2n) is 18.7. The van der Waals surface area contributed by atoms with Gasteiger partial charge in [-0.3, -0.25) is 4.79 Å². The highest BCUT2D eigenvalue weighted by Crippen LogP contribution is 2.42. The number of halogens is 24. The normalized spacial score (nSPS) is 13.1. The Bertz CT molecular complexity index is 3410. The molecule has 86 heavy (non-hydrogen) atoms. The minimum Gasteiger partial charge on any atom is -0.417 e. The molecule has 8 aromatic rings. The number of esters is 1. The molecule has 4 nitrogen and oxygen atoms in total. The molecule has 1 heterocycles. The van der Waals surface area contributed by atoms with Gasteiger partial charge in [0.25, 0.3) is 5.69 Å². The molecule has 0 unspecified atom stereocenters. The minimum absolute atomic E-state index is 0.0261. The van der Waals surface area contributed by atoms with E-state index in [0.29, 0.717) is 21.9 Å². The largest absolute Gasteiger partial charge is 0.417 e. The van der Waals surface area contributed by atoms with Gasteiger partial charge in [0.15, 0.2) is 0 Å². The number of hydrogen-bond donors (Lipinski definition) is 1. The second-order valence-corrected chi connectivity index (χ2v) is 19.2. The first-order valence-corrected chi connectivity index (χ1v) is 24.2.